The van der Waals surface area contributed by atoms with Gasteiger partial charge in [-0.2, -0.15) is 5.26 Å². The molecule has 0 N–H and O–H groups in total. The molecule has 0 aliphatic carbocycles. The van der Waals surface area contributed by atoms with Crippen LogP contribution in [0.1, 0.15) is 16.8 Å². The predicted octanol–water partition coefficient (Wildman–Crippen LogP) is 2.30. The van der Waals surface area contributed by atoms with Crippen LogP contribution < -0.4 is 4.74 Å². The fraction of sp³-hybridized carbons (Fsp3) is 0.375. The van der Waals surface area contributed by atoms with E-state index in [0.29, 0.717) is 6.42 Å². The SMILES string of the molecule is COc1cccc2c(CC#N)c3c(nc12)CCN(C)C3. The summed E-state index contributed by atoms with van der Waals surface area (Å²) in [7, 11) is 3.77. The number of likely N-dealkylation sites (N-methyl/N-ethyl adjacent to an activating group) is 1. The number of nitrogens with zero attached hydrogens (tertiary/aromatic N) is 3. The Hall–Kier alpha value is -2.12. The van der Waals surface area contributed by atoms with Crippen LogP contribution >= 0.6 is 0 Å². The lowest BCUT2D eigenvalue weighted by Gasteiger charge is -2.27. The predicted molar refractivity (Wildman–Crippen MR) is 77.7 cm³/mol. The van der Waals surface area contributed by atoms with Crippen LogP contribution in [0.25, 0.3) is 10.9 Å². The van der Waals surface area contributed by atoms with Gasteiger partial charge in [0.25, 0.3) is 0 Å². The molecule has 1 aliphatic rings. The fourth-order valence-corrected chi connectivity index (χ4v) is 2.91. The normalized spacial score (nSPS) is 14.8. The second kappa shape index (κ2) is 5.10. The Morgan fingerprint density at radius 2 is 2.30 bits per heavy atom. The smallest absolute Gasteiger partial charge is 0.145 e. The molecule has 0 saturated heterocycles. The van der Waals surface area contributed by atoms with Crippen molar-refractivity contribution in [2.24, 2.45) is 0 Å². The van der Waals surface area contributed by atoms with Gasteiger partial charge >= 0.3 is 0 Å². The molecule has 0 unspecified atom stereocenters. The zero-order chi connectivity index (χ0) is 14.1. The first-order valence-electron chi connectivity index (χ1n) is 6.77. The molecule has 3 rings (SSSR count). The second-order valence-electron chi connectivity index (χ2n) is 5.19. The van der Waals surface area contributed by atoms with E-state index in [4.69, 9.17) is 15.0 Å². The summed E-state index contributed by atoms with van der Waals surface area (Å²) in [6, 6.07) is 8.21. The molecule has 0 atom stereocenters. The van der Waals surface area contributed by atoms with Gasteiger partial charge in [0.2, 0.25) is 0 Å². The number of para-hydroxylation sites is 1. The monoisotopic (exact) mass is 267 g/mol. The van der Waals surface area contributed by atoms with E-state index in [-0.39, 0.29) is 0 Å². The van der Waals surface area contributed by atoms with Gasteiger partial charge in [0.05, 0.1) is 19.6 Å². The Morgan fingerprint density at radius 1 is 1.45 bits per heavy atom. The molecule has 1 aliphatic heterocycles. The molecule has 0 spiro atoms. The van der Waals surface area contributed by atoms with E-state index in [0.717, 1.165) is 47.4 Å². The van der Waals surface area contributed by atoms with Crippen LogP contribution in [0, 0.1) is 11.3 Å². The van der Waals surface area contributed by atoms with E-state index in [1.807, 2.05) is 18.2 Å². The Kier molecular flexibility index (Phi) is 3.29. The molecule has 0 amide bonds. The van der Waals surface area contributed by atoms with Gasteiger partial charge in [0, 0.05) is 30.6 Å². The number of fused-ring (bicyclic) bond motifs is 2. The minimum Gasteiger partial charge on any atom is -0.494 e. The highest BCUT2D eigenvalue weighted by Gasteiger charge is 2.21. The number of nitriles is 1. The highest BCUT2D eigenvalue weighted by atomic mass is 16.5. The number of hydrogen-bond acceptors (Lipinski definition) is 4. The Morgan fingerprint density at radius 3 is 3.05 bits per heavy atom. The number of aromatic nitrogens is 1. The first-order valence-corrected chi connectivity index (χ1v) is 6.77. The van der Waals surface area contributed by atoms with E-state index in [9.17, 15) is 0 Å². The third kappa shape index (κ3) is 2.00. The van der Waals surface area contributed by atoms with Gasteiger partial charge in [-0.05, 0) is 24.2 Å². The maximum atomic E-state index is 9.16. The quantitative estimate of drug-likeness (QED) is 0.837. The summed E-state index contributed by atoms with van der Waals surface area (Å²) >= 11 is 0. The zero-order valence-electron chi connectivity index (χ0n) is 11.8. The maximum absolute atomic E-state index is 9.16. The zero-order valence-corrected chi connectivity index (χ0v) is 11.8. The highest BCUT2D eigenvalue weighted by molar-refractivity contribution is 5.89. The van der Waals surface area contributed by atoms with Crippen molar-refractivity contribution in [3.63, 3.8) is 0 Å². The van der Waals surface area contributed by atoms with Gasteiger partial charge in [-0.3, -0.25) is 0 Å². The molecule has 0 radical (unpaired) electrons. The molecular formula is C16H17N3O. The Labute approximate surface area is 118 Å². The van der Waals surface area contributed by atoms with Gasteiger partial charge in [0.1, 0.15) is 11.3 Å². The van der Waals surface area contributed by atoms with Gasteiger partial charge in [-0.15, -0.1) is 0 Å². The van der Waals surface area contributed by atoms with Crippen molar-refractivity contribution in [2.45, 2.75) is 19.4 Å². The summed E-state index contributed by atoms with van der Waals surface area (Å²) < 4.78 is 5.42. The number of pyridine rings is 1. The summed E-state index contributed by atoms with van der Waals surface area (Å²) in [5.41, 5.74) is 4.33. The van der Waals surface area contributed by atoms with Gasteiger partial charge < -0.3 is 9.64 Å². The molecule has 1 aromatic heterocycles. The average molecular weight is 267 g/mol. The van der Waals surface area contributed by atoms with Crippen LogP contribution in [0.2, 0.25) is 0 Å². The van der Waals surface area contributed by atoms with Crippen molar-refractivity contribution in [1.29, 1.82) is 5.26 Å². The third-order valence-electron chi connectivity index (χ3n) is 3.92. The first kappa shape index (κ1) is 12.9. The summed E-state index contributed by atoms with van der Waals surface area (Å²) in [6.07, 6.45) is 1.35. The molecule has 0 saturated carbocycles. The van der Waals surface area contributed by atoms with Gasteiger partial charge in [-0.25, -0.2) is 4.98 Å². The standard InChI is InChI=1S/C16H17N3O/c1-19-9-7-14-13(10-19)11(6-8-17)12-4-3-5-15(20-2)16(12)18-14/h3-5H,6-7,9-10H2,1-2H3. The minimum atomic E-state index is 0.419. The third-order valence-corrected chi connectivity index (χ3v) is 3.92. The lowest BCUT2D eigenvalue weighted by molar-refractivity contribution is 0.309. The van der Waals surface area contributed by atoms with Crippen LogP contribution in [0.4, 0.5) is 0 Å². The second-order valence-corrected chi connectivity index (χ2v) is 5.19. The molecule has 2 aromatic rings. The molecule has 0 bridgehead atoms. The summed E-state index contributed by atoms with van der Waals surface area (Å²) in [4.78, 5) is 7.08. The number of rotatable bonds is 2. The van der Waals surface area contributed by atoms with Crippen LogP contribution in [0.3, 0.4) is 0 Å². The summed E-state index contributed by atoms with van der Waals surface area (Å²) in [6.45, 7) is 1.87. The number of benzene rings is 1. The van der Waals surface area contributed by atoms with E-state index in [2.05, 4.69) is 18.0 Å². The van der Waals surface area contributed by atoms with Crippen molar-refractivity contribution in [3.8, 4) is 11.8 Å². The number of methoxy groups -OCH3 is 1. The molecule has 20 heavy (non-hydrogen) atoms. The minimum absolute atomic E-state index is 0.419. The van der Waals surface area contributed by atoms with Gasteiger partial charge in [0.15, 0.2) is 0 Å². The number of ether oxygens (including phenoxy) is 1. The van der Waals surface area contributed by atoms with Crippen molar-refractivity contribution >= 4 is 10.9 Å². The molecule has 0 fully saturated rings. The number of hydrogen-bond donors (Lipinski definition) is 0. The van der Waals surface area contributed by atoms with Crippen molar-refractivity contribution in [1.82, 2.24) is 9.88 Å². The van der Waals surface area contributed by atoms with E-state index < -0.39 is 0 Å². The van der Waals surface area contributed by atoms with E-state index in [1.165, 1.54) is 5.56 Å². The van der Waals surface area contributed by atoms with Crippen molar-refractivity contribution in [2.75, 3.05) is 20.7 Å². The van der Waals surface area contributed by atoms with E-state index in [1.54, 1.807) is 7.11 Å². The molecule has 2 heterocycles. The van der Waals surface area contributed by atoms with Crippen molar-refractivity contribution in [3.05, 3.63) is 35.0 Å². The summed E-state index contributed by atoms with van der Waals surface area (Å²) in [5, 5.41) is 10.2. The molecule has 4 heteroatoms. The highest BCUT2D eigenvalue weighted by Crippen LogP contribution is 2.32. The van der Waals surface area contributed by atoms with Crippen molar-refractivity contribution < 1.29 is 4.74 Å². The fourth-order valence-electron chi connectivity index (χ4n) is 2.91. The van der Waals surface area contributed by atoms with Crippen LogP contribution in [-0.4, -0.2) is 30.6 Å². The van der Waals surface area contributed by atoms with E-state index >= 15 is 0 Å². The average Bonchev–Trinajstić information content (AvgIpc) is 2.47. The summed E-state index contributed by atoms with van der Waals surface area (Å²) in [5.74, 6) is 0.781. The molecule has 4 nitrogen and oxygen atoms in total. The van der Waals surface area contributed by atoms with Crippen LogP contribution in [0.5, 0.6) is 5.75 Å². The Bertz CT molecular complexity index is 703. The lowest BCUT2D eigenvalue weighted by atomic mass is 9.94. The van der Waals surface area contributed by atoms with Gasteiger partial charge in [-0.1, -0.05) is 12.1 Å². The molecule has 1 aromatic carbocycles. The Balaban J connectivity index is 2.32. The lowest BCUT2D eigenvalue weighted by Crippen LogP contribution is -2.28. The van der Waals surface area contributed by atoms with Crippen LogP contribution in [-0.2, 0) is 19.4 Å². The topological polar surface area (TPSA) is 49.1 Å². The van der Waals surface area contributed by atoms with Crippen LogP contribution in [0.15, 0.2) is 18.2 Å². The first-order chi connectivity index (χ1) is 9.74. The largest absolute Gasteiger partial charge is 0.494 e. The molecule has 102 valence electrons. The maximum Gasteiger partial charge on any atom is 0.145 e. The molecular weight excluding hydrogens is 250 g/mol.